The Morgan fingerprint density at radius 2 is 1.65 bits per heavy atom. The van der Waals surface area contributed by atoms with E-state index in [2.05, 4.69) is 20.4 Å². The van der Waals surface area contributed by atoms with Crippen LogP contribution in [0, 0.1) is 0 Å². The molecular formula is C19H28N4O3. The molecule has 0 bridgehead atoms. The van der Waals surface area contributed by atoms with E-state index in [0.29, 0.717) is 37.2 Å². The van der Waals surface area contributed by atoms with Crippen LogP contribution in [-0.4, -0.2) is 73.5 Å². The number of para-hydroxylation sites is 2. The number of hydrogen-bond acceptors (Lipinski definition) is 5. The van der Waals surface area contributed by atoms with Crippen molar-refractivity contribution in [1.82, 2.24) is 15.1 Å². The summed E-state index contributed by atoms with van der Waals surface area (Å²) in [5, 5.41) is 5.95. The van der Waals surface area contributed by atoms with Gasteiger partial charge in [0.1, 0.15) is 5.75 Å². The van der Waals surface area contributed by atoms with Gasteiger partial charge >= 0.3 is 0 Å². The number of carbonyl (C=O) groups excluding carboxylic acids is 2. The number of amides is 2. The maximum atomic E-state index is 12.3. The molecule has 7 nitrogen and oxygen atoms in total. The SMILES string of the molecule is CCOc1ccccc1NC(=O)CN1CCN(CC(=O)NC2CC2)CC1. The summed E-state index contributed by atoms with van der Waals surface area (Å²) >= 11 is 0. The zero-order chi connectivity index (χ0) is 18.4. The molecule has 1 saturated heterocycles. The Hall–Kier alpha value is -2.12. The number of nitrogens with zero attached hydrogens (tertiary/aromatic N) is 2. The highest BCUT2D eigenvalue weighted by molar-refractivity contribution is 5.93. The van der Waals surface area contributed by atoms with E-state index in [9.17, 15) is 9.59 Å². The van der Waals surface area contributed by atoms with Crippen molar-refractivity contribution in [3.63, 3.8) is 0 Å². The van der Waals surface area contributed by atoms with Crippen molar-refractivity contribution in [2.45, 2.75) is 25.8 Å². The number of nitrogens with one attached hydrogen (secondary N) is 2. The molecule has 142 valence electrons. The first-order chi connectivity index (χ1) is 12.6. The zero-order valence-electron chi connectivity index (χ0n) is 15.4. The molecule has 0 atom stereocenters. The Morgan fingerprint density at radius 1 is 1.04 bits per heavy atom. The normalized spacial score (nSPS) is 18.3. The minimum absolute atomic E-state index is 0.0444. The lowest BCUT2D eigenvalue weighted by Crippen LogP contribution is -2.51. The monoisotopic (exact) mass is 360 g/mol. The lowest BCUT2D eigenvalue weighted by molar-refractivity contribution is -0.123. The third kappa shape index (κ3) is 5.71. The van der Waals surface area contributed by atoms with Crippen molar-refractivity contribution >= 4 is 17.5 Å². The van der Waals surface area contributed by atoms with Crippen LogP contribution in [-0.2, 0) is 9.59 Å². The van der Waals surface area contributed by atoms with Crippen molar-refractivity contribution in [2.24, 2.45) is 0 Å². The van der Waals surface area contributed by atoms with Gasteiger partial charge in [0.15, 0.2) is 0 Å². The van der Waals surface area contributed by atoms with Gasteiger partial charge in [0.05, 0.1) is 25.4 Å². The molecule has 7 heteroatoms. The van der Waals surface area contributed by atoms with E-state index in [1.165, 1.54) is 0 Å². The van der Waals surface area contributed by atoms with Crippen LogP contribution in [0.4, 0.5) is 5.69 Å². The Labute approximate surface area is 154 Å². The molecule has 1 saturated carbocycles. The Kier molecular flexibility index (Phi) is 6.46. The summed E-state index contributed by atoms with van der Waals surface area (Å²) in [5.41, 5.74) is 0.703. The highest BCUT2D eigenvalue weighted by Crippen LogP contribution is 2.23. The van der Waals surface area contributed by atoms with E-state index in [0.717, 1.165) is 39.0 Å². The van der Waals surface area contributed by atoms with Crippen LogP contribution in [0.1, 0.15) is 19.8 Å². The van der Waals surface area contributed by atoms with E-state index in [1.807, 2.05) is 31.2 Å². The maximum Gasteiger partial charge on any atom is 0.238 e. The van der Waals surface area contributed by atoms with Crippen molar-refractivity contribution in [2.75, 3.05) is 51.2 Å². The van der Waals surface area contributed by atoms with Gasteiger partial charge in [-0.05, 0) is 31.9 Å². The van der Waals surface area contributed by atoms with Gasteiger partial charge in [-0.1, -0.05) is 12.1 Å². The van der Waals surface area contributed by atoms with Gasteiger partial charge in [0, 0.05) is 32.2 Å². The third-order valence-corrected chi connectivity index (χ3v) is 4.60. The summed E-state index contributed by atoms with van der Waals surface area (Å²) in [5.74, 6) is 0.762. The summed E-state index contributed by atoms with van der Waals surface area (Å²) in [7, 11) is 0. The van der Waals surface area contributed by atoms with Gasteiger partial charge in [0.2, 0.25) is 11.8 Å². The van der Waals surface area contributed by atoms with Crippen LogP contribution >= 0.6 is 0 Å². The van der Waals surface area contributed by atoms with Gasteiger partial charge in [-0.25, -0.2) is 0 Å². The third-order valence-electron chi connectivity index (χ3n) is 4.60. The van der Waals surface area contributed by atoms with E-state index < -0.39 is 0 Å². The summed E-state index contributed by atoms with van der Waals surface area (Å²) in [6, 6.07) is 7.87. The lowest BCUT2D eigenvalue weighted by atomic mass is 10.2. The quantitative estimate of drug-likeness (QED) is 0.721. The predicted molar refractivity (Wildman–Crippen MR) is 100 cm³/mol. The van der Waals surface area contributed by atoms with Gasteiger partial charge in [-0.15, -0.1) is 0 Å². The standard InChI is InChI=1S/C19H28N4O3/c1-2-26-17-6-4-3-5-16(17)21-19(25)14-23-11-9-22(10-12-23)13-18(24)20-15-7-8-15/h3-6,15H,2,7-14H2,1H3,(H,20,24)(H,21,25). The van der Waals surface area contributed by atoms with Crippen molar-refractivity contribution in [3.8, 4) is 5.75 Å². The average molecular weight is 360 g/mol. The fourth-order valence-electron chi connectivity index (χ4n) is 3.05. The molecule has 1 aromatic carbocycles. The summed E-state index contributed by atoms with van der Waals surface area (Å²) in [6.07, 6.45) is 2.22. The molecular weight excluding hydrogens is 332 g/mol. The minimum Gasteiger partial charge on any atom is -0.492 e. The van der Waals surface area contributed by atoms with Crippen LogP contribution in [0.2, 0.25) is 0 Å². The smallest absolute Gasteiger partial charge is 0.238 e. The second-order valence-corrected chi connectivity index (χ2v) is 6.87. The van der Waals surface area contributed by atoms with Crippen LogP contribution in [0.5, 0.6) is 5.75 Å². The Bertz CT molecular complexity index is 625. The molecule has 0 radical (unpaired) electrons. The van der Waals surface area contributed by atoms with E-state index in [-0.39, 0.29) is 11.8 Å². The first kappa shape index (κ1) is 18.7. The number of hydrogen-bond donors (Lipinski definition) is 2. The molecule has 0 spiro atoms. The second kappa shape index (κ2) is 9.00. The van der Waals surface area contributed by atoms with Crippen LogP contribution in [0.3, 0.4) is 0 Å². The molecule has 2 aliphatic rings. The van der Waals surface area contributed by atoms with Crippen molar-refractivity contribution in [1.29, 1.82) is 0 Å². The van der Waals surface area contributed by atoms with Gasteiger partial charge < -0.3 is 15.4 Å². The first-order valence-electron chi connectivity index (χ1n) is 9.40. The molecule has 26 heavy (non-hydrogen) atoms. The molecule has 2 amide bonds. The maximum absolute atomic E-state index is 12.3. The first-order valence-corrected chi connectivity index (χ1v) is 9.40. The minimum atomic E-state index is -0.0444. The molecule has 1 aliphatic carbocycles. The number of benzene rings is 1. The molecule has 2 N–H and O–H groups in total. The van der Waals surface area contributed by atoms with Crippen LogP contribution in [0.15, 0.2) is 24.3 Å². The number of rotatable bonds is 8. The molecule has 3 rings (SSSR count). The molecule has 1 aromatic rings. The fourth-order valence-corrected chi connectivity index (χ4v) is 3.05. The van der Waals surface area contributed by atoms with E-state index in [4.69, 9.17) is 4.74 Å². The fraction of sp³-hybridized carbons (Fsp3) is 0.579. The van der Waals surface area contributed by atoms with Gasteiger partial charge in [-0.3, -0.25) is 19.4 Å². The number of piperazine rings is 1. The van der Waals surface area contributed by atoms with E-state index in [1.54, 1.807) is 0 Å². The van der Waals surface area contributed by atoms with E-state index >= 15 is 0 Å². The second-order valence-electron chi connectivity index (χ2n) is 6.87. The van der Waals surface area contributed by atoms with Crippen molar-refractivity contribution in [3.05, 3.63) is 24.3 Å². The molecule has 0 unspecified atom stereocenters. The number of carbonyl (C=O) groups is 2. The topological polar surface area (TPSA) is 73.9 Å². The highest BCUT2D eigenvalue weighted by atomic mass is 16.5. The summed E-state index contributed by atoms with van der Waals surface area (Å²) in [6.45, 7) is 6.48. The summed E-state index contributed by atoms with van der Waals surface area (Å²) in [4.78, 5) is 28.5. The van der Waals surface area contributed by atoms with Crippen LogP contribution in [0.25, 0.3) is 0 Å². The number of anilines is 1. The highest BCUT2D eigenvalue weighted by Gasteiger charge is 2.25. The predicted octanol–water partition coefficient (Wildman–Crippen LogP) is 0.920. The average Bonchev–Trinajstić information content (AvgIpc) is 3.42. The molecule has 1 heterocycles. The molecule has 1 aliphatic heterocycles. The zero-order valence-corrected chi connectivity index (χ0v) is 15.4. The van der Waals surface area contributed by atoms with Crippen LogP contribution < -0.4 is 15.4 Å². The Balaban J connectivity index is 1.40. The number of ether oxygens (including phenoxy) is 1. The molecule has 2 fully saturated rings. The van der Waals surface area contributed by atoms with Gasteiger partial charge in [0.25, 0.3) is 0 Å². The molecule has 0 aromatic heterocycles. The lowest BCUT2D eigenvalue weighted by Gasteiger charge is -2.33. The summed E-state index contributed by atoms with van der Waals surface area (Å²) < 4.78 is 5.54. The Morgan fingerprint density at radius 3 is 2.27 bits per heavy atom. The van der Waals surface area contributed by atoms with Gasteiger partial charge in [-0.2, -0.15) is 0 Å². The van der Waals surface area contributed by atoms with Crippen molar-refractivity contribution < 1.29 is 14.3 Å². The largest absolute Gasteiger partial charge is 0.492 e.